The minimum absolute atomic E-state index is 0.00816. The highest BCUT2D eigenvalue weighted by molar-refractivity contribution is 9.10. The number of halogens is 1. The van der Waals surface area contributed by atoms with Gasteiger partial charge in [-0.1, -0.05) is 28.1 Å². The number of hydrogen-bond donors (Lipinski definition) is 2. The molecule has 2 amide bonds. The van der Waals surface area contributed by atoms with Crippen LogP contribution in [-0.4, -0.2) is 23.0 Å². The monoisotopic (exact) mass is 418 g/mol. The van der Waals surface area contributed by atoms with Gasteiger partial charge < -0.3 is 5.32 Å². The SMILES string of the molecule is O=C(CCC(=O)Nc1ccc(Br)cc1)N/N=C\c1cccc([N+](=O)[O-])c1. The molecule has 0 spiro atoms. The van der Waals surface area contributed by atoms with Crippen molar-refractivity contribution >= 4 is 45.3 Å². The third kappa shape index (κ3) is 6.44. The molecule has 0 saturated heterocycles. The molecule has 2 rings (SSSR count). The average molecular weight is 419 g/mol. The first kappa shape index (κ1) is 19.3. The van der Waals surface area contributed by atoms with Crippen molar-refractivity contribution in [3.63, 3.8) is 0 Å². The van der Waals surface area contributed by atoms with Gasteiger partial charge in [0, 0.05) is 40.7 Å². The maximum absolute atomic E-state index is 11.8. The molecule has 8 nitrogen and oxygen atoms in total. The second-order valence-electron chi connectivity index (χ2n) is 5.20. The molecule has 26 heavy (non-hydrogen) atoms. The number of carbonyl (C=O) groups excluding carboxylic acids is 2. The zero-order valence-electron chi connectivity index (χ0n) is 13.5. The molecule has 0 radical (unpaired) electrons. The highest BCUT2D eigenvalue weighted by Crippen LogP contribution is 2.14. The first-order valence-electron chi connectivity index (χ1n) is 7.56. The van der Waals surface area contributed by atoms with Gasteiger partial charge in [-0.2, -0.15) is 5.10 Å². The van der Waals surface area contributed by atoms with Crippen molar-refractivity contribution in [2.24, 2.45) is 5.10 Å². The van der Waals surface area contributed by atoms with Gasteiger partial charge in [-0.25, -0.2) is 5.43 Å². The number of nitrogens with zero attached hydrogens (tertiary/aromatic N) is 2. The van der Waals surface area contributed by atoms with E-state index in [2.05, 4.69) is 31.8 Å². The van der Waals surface area contributed by atoms with Crippen LogP contribution in [0.2, 0.25) is 0 Å². The molecule has 9 heteroatoms. The van der Waals surface area contributed by atoms with Crippen molar-refractivity contribution in [2.45, 2.75) is 12.8 Å². The van der Waals surface area contributed by atoms with Crippen LogP contribution in [0.25, 0.3) is 0 Å². The number of nitro benzene ring substituents is 1. The predicted octanol–water partition coefficient (Wildman–Crippen LogP) is 3.23. The van der Waals surface area contributed by atoms with Crippen LogP contribution in [0.15, 0.2) is 58.1 Å². The molecular formula is C17H15BrN4O4. The summed E-state index contributed by atoms with van der Waals surface area (Å²) in [6.07, 6.45) is 1.27. The second kappa shape index (κ2) is 9.42. The van der Waals surface area contributed by atoms with E-state index in [1.54, 1.807) is 30.3 Å². The lowest BCUT2D eigenvalue weighted by molar-refractivity contribution is -0.384. The van der Waals surface area contributed by atoms with Crippen LogP contribution in [0, 0.1) is 10.1 Å². The number of benzene rings is 2. The van der Waals surface area contributed by atoms with Crippen LogP contribution in [0.5, 0.6) is 0 Å². The summed E-state index contributed by atoms with van der Waals surface area (Å²) < 4.78 is 0.900. The first-order chi connectivity index (χ1) is 12.4. The van der Waals surface area contributed by atoms with E-state index in [9.17, 15) is 19.7 Å². The van der Waals surface area contributed by atoms with Gasteiger partial charge in [0.15, 0.2) is 0 Å². The Morgan fingerprint density at radius 2 is 1.81 bits per heavy atom. The van der Waals surface area contributed by atoms with Gasteiger partial charge in [0.05, 0.1) is 11.1 Å². The molecule has 0 aliphatic rings. The molecule has 0 saturated carbocycles. The van der Waals surface area contributed by atoms with Gasteiger partial charge in [0.2, 0.25) is 11.8 Å². The molecule has 0 aromatic heterocycles. The van der Waals surface area contributed by atoms with Gasteiger partial charge in [-0.15, -0.1) is 0 Å². The van der Waals surface area contributed by atoms with Gasteiger partial charge in [-0.05, 0) is 24.3 Å². The number of nitrogens with one attached hydrogen (secondary N) is 2. The number of rotatable bonds is 7. The number of carbonyl (C=O) groups is 2. The third-order valence-corrected chi connectivity index (χ3v) is 3.72. The van der Waals surface area contributed by atoms with Crippen molar-refractivity contribution in [3.8, 4) is 0 Å². The molecule has 134 valence electrons. The summed E-state index contributed by atoms with van der Waals surface area (Å²) in [5, 5.41) is 17.1. The highest BCUT2D eigenvalue weighted by Gasteiger charge is 2.07. The van der Waals surface area contributed by atoms with Crippen molar-refractivity contribution in [2.75, 3.05) is 5.32 Å². The molecule has 2 aromatic rings. The Bertz CT molecular complexity index is 837. The van der Waals surface area contributed by atoms with Crippen molar-refractivity contribution in [3.05, 3.63) is 68.7 Å². The summed E-state index contributed by atoms with van der Waals surface area (Å²) in [5.74, 6) is -0.720. The van der Waals surface area contributed by atoms with E-state index in [0.29, 0.717) is 11.3 Å². The Morgan fingerprint density at radius 3 is 2.50 bits per heavy atom. The average Bonchev–Trinajstić information content (AvgIpc) is 2.62. The summed E-state index contributed by atoms with van der Waals surface area (Å²) in [7, 11) is 0. The lowest BCUT2D eigenvalue weighted by Crippen LogP contribution is -2.20. The largest absolute Gasteiger partial charge is 0.326 e. The van der Waals surface area contributed by atoms with Gasteiger partial charge >= 0.3 is 0 Å². The Morgan fingerprint density at radius 1 is 1.12 bits per heavy atom. The smallest absolute Gasteiger partial charge is 0.270 e. The fourth-order valence-corrected chi connectivity index (χ4v) is 2.20. The van der Waals surface area contributed by atoms with E-state index < -0.39 is 10.8 Å². The molecule has 0 aliphatic carbocycles. The number of non-ortho nitro benzene ring substituents is 1. The van der Waals surface area contributed by atoms with Gasteiger partial charge in [0.25, 0.3) is 5.69 Å². The summed E-state index contributed by atoms with van der Waals surface area (Å²) >= 11 is 3.30. The van der Waals surface area contributed by atoms with Crippen molar-refractivity contribution in [1.82, 2.24) is 5.43 Å². The second-order valence-corrected chi connectivity index (χ2v) is 6.12. The quantitative estimate of drug-likeness (QED) is 0.408. The number of hydrogen-bond acceptors (Lipinski definition) is 5. The van der Waals surface area contributed by atoms with E-state index in [-0.39, 0.29) is 24.4 Å². The lowest BCUT2D eigenvalue weighted by Gasteiger charge is -2.04. The molecule has 0 aliphatic heterocycles. The molecule has 0 heterocycles. The molecular weight excluding hydrogens is 404 g/mol. The fourth-order valence-electron chi connectivity index (χ4n) is 1.94. The fraction of sp³-hybridized carbons (Fsp3) is 0.118. The number of anilines is 1. The highest BCUT2D eigenvalue weighted by atomic mass is 79.9. The van der Waals surface area contributed by atoms with Crippen LogP contribution in [0.1, 0.15) is 18.4 Å². The molecule has 2 N–H and O–H groups in total. The summed E-state index contributed by atoms with van der Waals surface area (Å²) in [4.78, 5) is 33.7. The standard InChI is InChI=1S/C17H15BrN4O4/c18-13-4-6-14(7-5-13)20-16(23)8-9-17(24)21-19-11-12-2-1-3-15(10-12)22(25)26/h1-7,10-11H,8-9H2,(H,20,23)(H,21,24)/b19-11-. The Hall–Kier alpha value is -3.07. The molecule has 0 bridgehead atoms. The van der Waals surface area contributed by atoms with Crippen LogP contribution >= 0.6 is 15.9 Å². The van der Waals surface area contributed by atoms with Crippen molar-refractivity contribution < 1.29 is 14.5 Å². The number of nitro groups is 1. The summed E-state index contributed by atoms with van der Waals surface area (Å²) in [6, 6.07) is 12.9. The molecule has 2 aromatic carbocycles. The minimum Gasteiger partial charge on any atom is -0.326 e. The zero-order chi connectivity index (χ0) is 18.9. The number of hydrazone groups is 1. The van der Waals surface area contributed by atoms with Gasteiger partial charge in [-0.3, -0.25) is 19.7 Å². The number of amides is 2. The predicted molar refractivity (Wildman–Crippen MR) is 101 cm³/mol. The van der Waals surface area contributed by atoms with Crippen LogP contribution in [-0.2, 0) is 9.59 Å². The normalized spacial score (nSPS) is 10.5. The lowest BCUT2D eigenvalue weighted by atomic mass is 10.2. The topological polar surface area (TPSA) is 114 Å². The molecule has 0 fully saturated rings. The van der Waals surface area contributed by atoms with E-state index in [1.807, 2.05) is 0 Å². The first-order valence-corrected chi connectivity index (χ1v) is 8.35. The Balaban J connectivity index is 1.76. The van der Waals surface area contributed by atoms with Crippen molar-refractivity contribution in [1.29, 1.82) is 0 Å². The maximum atomic E-state index is 11.8. The van der Waals surface area contributed by atoms with Crippen LogP contribution < -0.4 is 10.7 Å². The Labute approximate surface area is 157 Å². The maximum Gasteiger partial charge on any atom is 0.270 e. The third-order valence-electron chi connectivity index (χ3n) is 3.19. The van der Waals surface area contributed by atoms with E-state index in [0.717, 1.165) is 4.47 Å². The van der Waals surface area contributed by atoms with E-state index >= 15 is 0 Å². The van der Waals surface area contributed by atoms with E-state index in [1.165, 1.54) is 24.4 Å². The summed E-state index contributed by atoms with van der Waals surface area (Å²) in [6.45, 7) is 0. The minimum atomic E-state index is -0.514. The zero-order valence-corrected chi connectivity index (χ0v) is 15.1. The van der Waals surface area contributed by atoms with Gasteiger partial charge in [0.1, 0.15) is 0 Å². The summed E-state index contributed by atoms with van der Waals surface area (Å²) in [5.41, 5.74) is 3.34. The Kier molecular flexibility index (Phi) is 6.98. The van der Waals surface area contributed by atoms with E-state index in [4.69, 9.17) is 0 Å². The molecule has 0 atom stereocenters. The van der Waals surface area contributed by atoms with Crippen LogP contribution in [0.3, 0.4) is 0 Å². The molecule has 0 unspecified atom stereocenters. The van der Waals surface area contributed by atoms with Crippen LogP contribution in [0.4, 0.5) is 11.4 Å².